The fourth-order valence-corrected chi connectivity index (χ4v) is 1.50. The monoisotopic (exact) mass is 213 g/mol. The van der Waals surface area contributed by atoms with E-state index in [2.05, 4.69) is 6.07 Å². The summed E-state index contributed by atoms with van der Waals surface area (Å²) in [5, 5.41) is 9.77. The van der Waals surface area contributed by atoms with Gasteiger partial charge in [-0.05, 0) is 36.6 Å². The summed E-state index contributed by atoms with van der Waals surface area (Å²) in [6, 6.07) is 7.49. The van der Waals surface area contributed by atoms with E-state index in [9.17, 15) is 0 Å². The van der Waals surface area contributed by atoms with Crippen molar-refractivity contribution in [2.24, 2.45) is 0 Å². The Morgan fingerprint density at radius 2 is 2.08 bits per heavy atom. The molecule has 0 aliphatic carbocycles. The van der Waals surface area contributed by atoms with Gasteiger partial charge in [-0.3, -0.25) is 0 Å². The van der Waals surface area contributed by atoms with Crippen LogP contribution in [0.2, 0.25) is 10.0 Å². The molecule has 0 amide bonds. The van der Waals surface area contributed by atoms with E-state index >= 15 is 0 Å². The number of nitrogens with zero attached hydrogens (tertiary/aromatic N) is 1. The van der Waals surface area contributed by atoms with Gasteiger partial charge in [0, 0.05) is 16.5 Å². The van der Waals surface area contributed by atoms with Crippen molar-refractivity contribution in [3.8, 4) is 6.07 Å². The highest BCUT2D eigenvalue weighted by Crippen LogP contribution is 2.21. The number of halogens is 2. The van der Waals surface area contributed by atoms with Crippen molar-refractivity contribution in [1.29, 1.82) is 5.26 Å². The first-order valence-corrected chi connectivity index (χ1v) is 4.80. The van der Waals surface area contributed by atoms with Crippen LogP contribution in [0.3, 0.4) is 0 Å². The molecule has 3 heteroatoms. The van der Waals surface area contributed by atoms with E-state index in [-0.39, 0.29) is 0 Å². The van der Waals surface area contributed by atoms with Gasteiger partial charge in [-0.25, -0.2) is 0 Å². The minimum absolute atomic E-state index is 0.558. The maximum Gasteiger partial charge on any atom is 0.0621 e. The Morgan fingerprint density at radius 3 is 2.77 bits per heavy atom. The molecule has 0 saturated carbocycles. The molecule has 0 saturated heterocycles. The van der Waals surface area contributed by atoms with Gasteiger partial charge < -0.3 is 0 Å². The summed E-state index contributed by atoms with van der Waals surface area (Å²) >= 11 is 11.7. The average Bonchev–Trinajstić information content (AvgIpc) is 2.11. The molecule has 0 bridgehead atoms. The maximum atomic E-state index is 8.36. The number of unbranched alkanes of at least 4 members (excludes halogenated alkanes) is 1. The molecule has 1 aromatic rings. The zero-order chi connectivity index (χ0) is 9.68. The van der Waals surface area contributed by atoms with Crippen LogP contribution in [0.4, 0.5) is 0 Å². The first kappa shape index (κ1) is 10.4. The van der Waals surface area contributed by atoms with Crippen LogP contribution >= 0.6 is 23.2 Å². The van der Waals surface area contributed by atoms with Gasteiger partial charge in [-0.15, -0.1) is 0 Å². The highest BCUT2D eigenvalue weighted by atomic mass is 35.5. The van der Waals surface area contributed by atoms with Crippen molar-refractivity contribution in [2.75, 3.05) is 0 Å². The molecular weight excluding hydrogens is 205 g/mol. The number of hydrogen-bond donors (Lipinski definition) is 0. The van der Waals surface area contributed by atoms with Gasteiger partial charge in [0.25, 0.3) is 0 Å². The zero-order valence-electron chi connectivity index (χ0n) is 7.06. The van der Waals surface area contributed by atoms with Crippen LogP contribution in [-0.2, 0) is 6.42 Å². The van der Waals surface area contributed by atoms with E-state index in [0.717, 1.165) is 23.4 Å². The Morgan fingerprint density at radius 1 is 1.31 bits per heavy atom. The van der Waals surface area contributed by atoms with E-state index in [4.69, 9.17) is 28.5 Å². The third kappa shape index (κ3) is 3.26. The van der Waals surface area contributed by atoms with Crippen molar-refractivity contribution in [1.82, 2.24) is 0 Å². The molecule has 1 aromatic carbocycles. The molecule has 1 rings (SSSR count). The fraction of sp³-hybridized carbons (Fsp3) is 0.300. The lowest BCUT2D eigenvalue weighted by Crippen LogP contribution is -1.86. The van der Waals surface area contributed by atoms with Gasteiger partial charge in [0.05, 0.1) is 6.07 Å². The summed E-state index contributed by atoms with van der Waals surface area (Å²) < 4.78 is 0. The highest BCUT2D eigenvalue weighted by molar-refractivity contribution is 6.33. The van der Waals surface area contributed by atoms with Gasteiger partial charge in [-0.2, -0.15) is 5.26 Å². The minimum atomic E-state index is 0.558. The smallest absolute Gasteiger partial charge is 0.0621 e. The lowest BCUT2D eigenvalue weighted by molar-refractivity contribution is 0.851. The predicted octanol–water partition coefficient (Wildman–Crippen LogP) is 3.84. The molecule has 1 nitrogen and oxygen atoms in total. The molecule has 0 aliphatic rings. The Balaban J connectivity index is 2.65. The number of rotatable bonds is 3. The molecule has 13 heavy (non-hydrogen) atoms. The van der Waals surface area contributed by atoms with Crippen LogP contribution in [0.25, 0.3) is 0 Å². The van der Waals surface area contributed by atoms with Gasteiger partial charge in [-0.1, -0.05) is 23.2 Å². The van der Waals surface area contributed by atoms with Crippen molar-refractivity contribution < 1.29 is 0 Å². The van der Waals surface area contributed by atoms with Gasteiger partial charge in [0.1, 0.15) is 0 Å². The summed E-state index contributed by atoms with van der Waals surface area (Å²) in [6.45, 7) is 0. The van der Waals surface area contributed by atoms with Gasteiger partial charge >= 0.3 is 0 Å². The zero-order valence-corrected chi connectivity index (χ0v) is 8.57. The van der Waals surface area contributed by atoms with E-state index in [0.29, 0.717) is 11.4 Å². The number of nitriles is 1. The molecular formula is C10H9Cl2N. The lowest BCUT2D eigenvalue weighted by atomic mass is 10.1. The Labute approximate surface area is 87.9 Å². The Kier molecular flexibility index (Phi) is 4.08. The average molecular weight is 214 g/mol. The first-order chi connectivity index (χ1) is 6.24. The lowest BCUT2D eigenvalue weighted by Gasteiger charge is -2.02. The van der Waals surface area contributed by atoms with Gasteiger partial charge in [0.2, 0.25) is 0 Å². The second kappa shape index (κ2) is 5.11. The van der Waals surface area contributed by atoms with E-state index < -0.39 is 0 Å². The summed E-state index contributed by atoms with van der Waals surface area (Å²) in [4.78, 5) is 0. The SMILES string of the molecule is N#CCCCc1cc(Cl)ccc1Cl. The van der Waals surface area contributed by atoms with E-state index in [1.807, 2.05) is 6.07 Å². The fourth-order valence-electron chi connectivity index (χ4n) is 1.09. The third-order valence-electron chi connectivity index (χ3n) is 1.74. The first-order valence-electron chi connectivity index (χ1n) is 4.05. The van der Waals surface area contributed by atoms with E-state index in [1.165, 1.54) is 0 Å². The van der Waals surface area contributed by atoms with Crippen molar-refractivity contribution in [2.45, 2.75) is 19.3 Å². The molecule has 0 spiro atoms. The van der Waals surface area contributed by atoms with E-state index in [1.54, 1.807) is 12.1 Å². The van der Waals surface area contributed by atoms with Crippen LogP contribution in [0.15, 0.2) is 18.2 Å². The molecule has 0 radical (unpaired) electrons. The number of hydrogen-bond acceptors (Lipinski definition) is 1. The summed E-state index contributed by atoms with van der Waals surface area (Å²) in [7, 11) is 0. The van der Waals surface area contributed by atoms with Crippen molar-refractivity contribution >= 4 is 23.2 Å². The van der Waals surface area contributed by atoms with Crippen molar-refractivity contribution in [3.63, 3.8) is 0 Å². The Hall–Kier alpha value is -0.710. The quantitative estimate of drug-likeness (QED) is 0.701. The molecule has 0 heterocycles. The Bertz CT molecular complexity index is 328. The highest BCUT2D eigenvalue weighted by Gasteiger charge is 2.00. The summed E-state index contributed by atoms with van der Waals surface area (Å²) in [5.74, 6) is 0. The maximum absolute atomic E-state index is 8.36. The molecule has 0 aromatic heterocycles. The van der Waals surface area contributed by atoms with Crippen molar-refractivity contribution in [3.05, 3.63) is 33.8 Å². The van der Waals surface area contributed by atoms with Crippen LogP contribution in [0.5, 0.6) is 0 Å². The van der Waals surface area contributed by atoms with Crippen LogP contribution in [0.1, 0.15) is 18.4 Å². The molecule has 68 valence electrons. The number of benzene rings is 1. The third-order valence-corrected chi connectivity index (χ3v) is 2.35. The van der Waals surface area contributed by atoms with Gasteiger partial charge in [0.15, 0.2) is 0 Å². The molecule has 0 fully saturated rings. The topological polar surface area (TPSA) is 23.8 Å². The summed E-state index contributed by atoms with van der Waals surface area (Å²) in [5.41, 5.74) is 1.02. The summed E-state index contributed by atoms with van der Waals surface area (Å²) in [6.07, 6.45) is 2.20. The number of aryl methyl sites for hydroxylation is 1. The predicted molar refractivity (Wildman–Crippen MR) is 55.0 cm³/mol. The molecule has 0 aliphatic heterocycles. The second-order valence-corrected chi connectivity index (χ2v) is 3.59. The largest absolute Gasteiger partial charge is 0.198 e. The standard InChI is InChI=1S/C10H9Cl2N/c11-9-4-5-10(12)8(7-9)3-1-2-6-13/h4-5,7H,1-3H2. The minimum Gasteiger partial charge on any atom is -0.198 e. The van der Waals surface area contributed by atoms with Crippen LogP contribution < -0.4 is 0 Å². The normalized spacial score (nSPS) is 9.62. The second-order valence-electron chi connectivity index (χ2n) is 2.75. The molecule has 0 N–H and O–H groups in total. The van der Waals surface area contributed by atoms with Crippen LogP contribution in [0, 0.1) is 11.3 Å². The molecule has 0 atom stereocenters. The molecule has 0 unspecified atom stereocenters. The van der Waals surface area contributed by atoms with Crippen LogP contribution in [-0.4, -0.2) is 0 Å².